The van der Waals surface area contributed by atoms with Crippen LogP contribution in [0.2, 0.25) is 0 Å². The molecule has 0 fully saturated rings. The summed E-state index contributed by atoms with van der Waals surface area (Å²) >= 11 is 0. The summed E-state index contributed by atoms with van der Waals surface area (Å²) in [5.41, 5.74) is 0. The number of hydrogen-bond donors (Lipinski definition) is 1. The molecule has 0 bridgehead atoms. The fourth-order valence-corrected chi connectivity index (χ4v) is 0. The van der Waals surface area contributed by atoms with Crippen LogP contribution in [0.3, 0.4) is 0 Å². The van der Waals surface area contributed by atoms with Gasteiger partial charge in [0, 0.05) is 6.92 Å². The van der Waals surface area contributed by atoms with Crippen LogP contribution in [0.5, 0.6) is 0 Å². The first-order valence-corrected chi connectivity index (χ1v) is 3.47. The van der Waals surface area contributed by atoms with Crippen molar-refractivity contribution in [2.75, 3.05) is 0 Å². The van der Waals surface area contributed by atoms with Crippen molar-refractivity contribution in [2.45, 2.75) is 34.6 Å². The summed E-state index contributed by atoms with van der Waals surface area (Å²) in [6.07, 6.45) is 0.750. The fourth-order valence-electron chi connectivity index (χ4n) is 0. The lowest BCUT2D eigenvalue weighted by molar-refractivity contribution is -0.134. The summed E-state index contributed by atoms with van der Waals surface area (Å²) in [5, 5.41) is 7.42. The minimum absolute atomic E-state index is 0.750. The lowest BCUT2D eigenvalue weighted by Gasteiger charge is -1.79. The van der Waals surface area contributed by atoms with Gasteiger partial charge in [-0.3, -0.25) is 4.79 Å². The first kappa shape index (κ1) is 16.6. The summed E-state index contributed by atoms with van der Waals surface area (Å²) in [6, 6.07) is 0. The van der Waals surface area contributed by atoms with Gasteiger partial charge >= 0.3 is 0 Å². The Morgan fingerprint density at radius 2 is 1.36 bits per heavy atom. The molecule has 0 heterocycles. The van der Waals surface area contributed by atoms with Crippen molar-refractivity contribution in [1.29, 1.82) is 0 Å². The summed E-state index contributed by atoms with van der Waals surface area (Å²) in [6.45, 7) is 9.03. The fraction of sp³-hybridized carbons (Fsp3) is 0.750. The van der Waals surface area contributed by atoms with Crippen LogP contribution < -0.4 is 0 Å². The van der Waals surface area contributed by atoms with Crippen LogP contribution in [0.4, 0.5) is 0 Å². The summed E-state index contributed by atoms with van der Waals surface area (Å²) in [5.74, 6) is 0. The van der Waals surface area contributed by atoms with E-state index < -0.39 is 5.97 Å². The van der Waals surface area contributed by atoms with E-state index in [1.165, 1.54) is 6.92 Å². The molecule has 3 nitrogen and oxygen atoms in total. The Labute approximate surface area is 68.4 Å². The molecule has 0 aliphatic rings. The molecular formula is C8H18O3. The largest absolute Gasteiger partial charge is 0.481 e. The standard InChI is InChI=1S/C4H10.C2H4O2.C2H4O/c1-4(2)3;1-2(3)4;1-2-3/h4H,1-3H3;1H3,(H,3,4);2H,1H3. The van der Waals surface area contributed by atoms with Crippen LogP contribution in [0, 0.1) is 5.92 Å². The van der Waals surface area contributed by atoms with E-state index in [0.717, 1.165) is 19.1 Å². The maximum atomic E-state index is 9.00. The van der Waals surface area contributed by atoms with Gasteiger partial charge in [0.15, 0.2) is 0 Å². The van der Waals surface area contributed by atoms with Crippen molar-refractivity contribution in [3.63, 3.8) is 0 Å². The number of aliphatic carboxylic acids is 1. The molecule has 0 aliphatic carbocycles. The third-order valence-electron chi connectivity index (χ3n) is 0. The number of carboxylic acid groups (broad SMARTS) is 1. The van der Waals surface area contributed by atoms with E-state index >= 15 is 0 Å². The van der Waals surface area contributed by atoms with Gasteiger partial charge < -0.3 is 9.90 Å². The van der Waals surface area contributed by atoms with Gasteiger partial charge in [0.05, 0.1) is 0 Å². The molecular weight excluding hydrogens is 144 g/mol. The lowest BCUT2D eigenvalue weighted by Crippen LogP contribution is -1.78. The molecule has 0 atom stereocenters. The van der Waals surface area contributed by atoms with E-state index in [0.29, 0.717) is 0 Å². The van der Waals surface area contributed by atoms with Gasteiger partial charge in [-0.2, -0.15) is 0 Å². The molecule has 0 saturated heterocycles. The quantitative estimate of drug-likeness (QED) is 0.554. The smallest absolute Gasteiger partial charge is 0.300 e. The van der Waals surface area contributed by atoms with Crippen molar-refractivity contribution < 1.29 is 14.7 Å². The number of carbonyl (C=O) groups is 2. The second kappa shape index (κ2) is 16.1. The van der Waals surface area contributed by atoms with Crippen LogP contribution >= 0.6 is 0 Å². The van der Waals surface area contributed by atoms with Crippen molar-refractivity contribution in [2.24, 2.45) is 5.92 Å². The third-order valence-corrected chi connectivity index (χ3v) is 0. The molecule has 1 N–H and O–H groups in total. The second-order valence-electron chi connectivity index (χ2n) is 2.49. The van der Waals surface area contributed by atoms with Crippen LogP contribution in [0.15, 0.2) is 0 Å². The maximum Gasteiger partial charge on any atom is 0.300 e. The van der Waals surface area contributed by atoms with Gasteiger partial charge in [0.2, 0.25) is 0 Å². The number of carbonyl (C=O) groups excluding carboxylic acids is 1. The second-order valence-corrected chi connectivity index (χ2v) is 2.49. The van der Waals surface area contributed by atoms with Gasteiger partial charge in [0.25, 0.3) is 5.97 Å². The molecule has 0 aliphatic heterocycles. The normalized spacial score (nSPS) is 6.73. The Kier molecular flexibility index (Phi) is 24.3. The number of rotatable bonds is 0. The highest BCUT2D eigenvalue weighted by Crippen LogP contribution is 1.81. The molecule has 3 heteroatoms. The minimum atomic E-state index is -0.833. The van der Waals surface area contributed by atoms with Crippen LogP contribution in [0.1, 0.15) is 34.6 Å². The van der Waals surface area contributed by atoms with Gasteiger partial charge in [-0.15, -0.1) is 0 Å². The molecule has 0 radical (unpaired) electrons. The molecule has 11 heavy (non-hydrogen) atoms. The Morgan fingerprint density at radius 3 is 1.36 bits per heavy atom. The van der Waals surface area contributed by atoms with Crippen LogP contribution in [-0.2, 0) is 9.59 Å². The molecule has 0 aromatic heterocycles. The van der Waals surface area contributed by atoms with Crippen molar-refractivity contribution in [3.05, 3.63) is 0 Å². The monoisotopic (exact) mass is 162 g/mol. The third kappa shape index (κ3) is 630. The van der Waals surface area contributed by atoms with Gasteiger partial charge in [-0.25, -0.2) is 0 Å². The highest BCUT2D eigenvalue weighted by molar-refractivity contribution is 5.62. The average molecular weight is 162 g/mol. The summed E-state index contributed by atoms with van der Waals surface area (Å²) < 4.78 is 0. The topological polar surface area (TPSA) is 54.4 Å². The first-order chi connectivity index (χ1) is 4.88. The predicted molar refractivity (Wildman–Crippen MR) is 45.6 cm³/mol. The van der Waals surface area contributed by atoms with E-state index in [-0.39, 0.29) is 0 Å². The molecule has 0 spiro atoms. The number of carboxylic acids is 1. The Balaban J connectivity index is -0.0000000886. The maximum absolute atomic E-state index is 9.00. The van der Waals surface area contributed by atoms with Crippen molar-refractivity contribution >= 4 is 12.3 Å². The highest BCUT2D eigenvalue weighted by atomic mass is 16.4. The summed E-state index contributed by atoms with van der Waals surface area (Å²) in [4.78, 5) is 17.8. The van der Waals surface area contributed by atoms with E-state index in [1.54, 1.807) is 0 Å². The Bertz CT molecular complexity index is 80.6. The molecule has 0 saturated carbocycles. The number of hydrogen-bond acceptors (Lipinski definition) is 2. The average Bonchev–Trinajstić information content (AvgIpc) is 1.60. The Morgan fingerprint density at radius 1 is 1.36 bits per heavy atom. The molecule has 0 rings (SSSR count). The highest BCUT2D eigenvalue weighted by Gasteiger charge is 1.68. The van der Waals surface area contributed by atoms with E-state index in [1.807, 2.05) is 0 Å². The van der Waals surface area contributed by atoms with E-state index in [4.69, 9.17) is 14.7 Å². The van der Waals surface area contributed by atoms with Gasteiger partial charge in [-0.05, 0) is 12.8 Å². The SMILES string of the molecule is CC(=O)O.CC(C)C.CC=O. The van der Waals surface area contributed by atoms with Crippen molar-refractivity contribution in [1.82, 2.24) is 0 Å². The van der Waals surface area contributed by atoms with E-state index in [9.17, 15) is 0 Å². The Hall–Kier alpha value is -0.860. The molecule has 0 amide bonds. The molecule has 68 valence electrons. The molecule has 0 unspecified atom stereocenters. The zero-order chi connectivity index (χ0) is 9.86. The van der Waals surface area contributed by atoms with Gasteiger partial charge in [0.1, 0.15) is 6.29 Å². The number of aldehydes is 1. The molecule has 0 aromatic rings. The summed E-state index contributed by atoms with van der Waals surface area (Å²) in [7, 11) is 0. The zero-order valence-electron chi connectivity index (χ0n) is 7.92. The first-order valence-electron chi connectivity index (χ1n) is 3.47. The van der Waals surface area contributed by atoms with Gasteiger partial charge in [-0.1, -0.05) is 20.8 Å². The van der Waals surface area contributed by atoms with Crippen LogP contribution in [-0.4, -0.2) is 17.4 Å². The predicted octanol–water partition coefficient (Wildman–Crippen LogP) is 1.96. The van der Waals surface area contributed by atoms with Crippen LogP contribution in [0.25, 0.3) is 0 Å². The molecule has 0 aromatic carbocycles. The minimum Gasteiger partial charge on any atom is -0.481 e. The van der Waals surface area contributed by atoms with E-state index in [2.05, 4.69) is 20.8 Å². The zero-order valence-corrected chi connectivity index (χ0v) is 7.92. The lowest BCUT2D eigenvalue weighted by atomic mass is 10.3. The van der Waals surface area contributed by atoms with Crippen molar-refractivity contribution in [3.8, 4) is 0 Å².